The van der Waals surface area contributed by atoms with Gasteiger partial charge in [0.15, 0.2) is 0 Å². The van der Waals surface area contributed by atoms with Gasteiger partial charge in [0, 0.05) is 23.0 Å². The van der Waals surface area contributed by atoms with Crippen molar-refractivity contribution < 1.29 is 24.3 Å². The zero-order valence-electron chi connectivity index (χ0n) is 23.6. The lowest BCUT2D eigenvalue weighted by atomic mass is 9.88. The Kier molecular flexibility index (Phi) is 6.80. The maximum Gasteiger partial charge on any atom is 0.332 e. The van der Waals surface area contributed by atoms with Crippen LogP contribution in [-0.4, -0.2) is 50.9 Å². The summed E-state index contributed by atoms with van der Waals surface area (Å²) in [6, 6.07) is 19.2. The summed E-state index contributed by atoms with van der Waals surface area (Å²) in [4.78, 5) is 59.8. The molecule has 1 saturated heterocycles. The number of nitrogens with one attached hydrogen (secondary N) is 2. The van der Waals surface area contributed by atoms with Crippen molar-refractivity contribution in [2.24, 2.45) is 5.92 Å². The molecule has 2 aliphatic heterocycles. The molecule has 1 fully saturated rings. The molecule has 6 rings (SSSR count). The van der Waals surface area contributed by atoms with Crippen molar-refractivity contribution in [3.63, 3.8) is 0 Å². The SMILES string of the molecule is Cc1ccc([C@@H]2c3[nH]c4ccccc4c3C[C@H]3C(=O)N(c4ccccc4C(=O)N[C@@H](CC(C)C)C(=O)O)C(=O)N23)cc1. The second-order valence-corrected chi connectivity index (χ2v) is 11.5. The molecular formula is C33H32N4O5. The molecular weight excluding hydrogens is 532 g/mol. The average molecular weight is 565 g/mol. The van der Waals surface area contributed by atoms with Crippen LogP contribution in [0.2, 0.25) is 0 Å². The third kappa shape index (κ3) is 4.51. The standard InChI is InChI=1S/C33H32N4O5/c1-18(2)16-25(32(40)41)35-30(38)22-9-5-7-11-26(22)37-31(39)27-17-23-21-8-4-6-10-24(21)34-28(23)29(36(27)33(37)42)20-14-12-19(3)13-15-20/h4-15,18,25,27,29,34H,16-17H2,1-3H3,(H,35,38)(H,40,41)/t25-,27-,29+/m0/s1. The number of carbonyl (C=O) groups excluding carboxylic acids is 3. The van der Waals surface area contributed by atoms with Crippen molar-refractivity contribution in [3.8, 4) is 0 Å². The van der Waals surface area contributed by atoms with Gasteiger partial charge in [-0.1, -0.05) is 74.0 Å². The third-order valence-corrected chi connectivity index (χ3v) is 8.14. The van der Waals surface area contributed by atoms with Crippen molar-refractivity contribution in [1.29, 1.82) is 0 Å². The number of carbonyl (C=O) groups is 4. The molecule has 2 aliphatic rings. The Morgan fingerprint density at radius 3 is 2.40 bits per heavy atom. The Balaban J connectivity index is 1.42. The summed E-state index contributed by atoms with van der Waals surface area (Å²) in [6.07, 6.45) is 0.567. The molecule has 9 heteroatoms. The number of carboxylic acids is 1. The fourth-order valence-corrected chi connectivity index (χ4v) is 6.18. The van der Waals surface area contributed by atoms with Crippen LogP contribution in [0, 0.1) is 12.8 Å². The first-order valence-electron chi connectivity index (χ1n) is 14.1. The van der Waals surface area contributed by atoms with Gasteiger partial charge >= 0.3 is 12.0 Å². The molecule has 3 aromatic carbocycles. The van der Waals surface area contributed by atoms with E-state index < -0.39 is 41.9 Å². The fraction of sp³-hybridized carbons (Fsp3) is 0.273. The van der Waals surface area contributed by atoms with Crippen molar-refractivity contribution in [2.45, 2.75) is 51.7 Å². The van der Waals surface area contributed by atoms with Gasteiger partial charge < -0.3 is 15.4 Å². The molecule has 3 atom stereocenters. The molecule has 0 bridgehead atoms. The maximum absolute atomic E-state index is 14.3. The fourth-order valence-electron chi connectivity index (χ4n) is 6.18. The molecule has 0 aliphatic carbocycles. The summed E-state index contributed by atoms with van der Waals surface area (Å²) in [5.41, 5.74) is 4.92. The van der Waals surface area contributed by atoms with Crippen LogP contribution >= 0.6 is 0 Å². The molecule has 9 nitrogen and oxygen atoms in total. The van der Waals surface area contributed by atoms with Gasteiger partial charge in [-0.2, -0.15) is 0 Å². The normalized spacial score (nSPS) is 18.8. The molecule has 0 unspecified atom stereocenters. The van der Waals surface area contributed by atoms with E-state index in [0.29, 0.717) is 6.42 Å². The number of benzene rings is 3. The number of aromatic amines is 1. The number of aryl methyl sites for hydroxylation is 1. The Labute approximate surface area is 243 Å². The summed E-state index contributed by atoms with van der Waals surface area (Å²) >= 11 is 0. The summed E-state index contributed by atoms with van der Waals surface area (Å²) < 4.78 is 0. The number of aromatic nitrogens is 1. The minimum absolute atomic E-state index is 0.0335. The zero-order chi connectivity index (χ0) is 29.7. The molecule has 0 radical (unpaired) electrons. The maximum atomic E-state index is 14.3. The van der Waals surface area contributed by atoms with Crippen molar-refractivity contribution in [2.75, 3.05) is 4.90 Å². The van der Waals surface area contributed by atoms with Gasteiger partial charge in [0.2, 0.25) is 0 Å². The topological polar surface area (TPSA) is 123 Å². The zero-order valence-corrected chi connectivity index (χ0v) is 23.6. The number of para-hydroxylation sites is 2. The quantitative estimate of drug-likeness (QED) is 0.267. The van der Waals surface area contributed by atoms with Crippen LogP contribution in [0.1, 0.15) is 59.1 Å². The molecule has 42 heavy (non-hydrogen) atoms. The van der Waals surface area contributed by atoms with Gasteiger partial charge in [-0.3, -0.25) is 14.5 Å². The second kappa shape index (κ2) is 10.5. The highest BCUT2D eigenvalue weighted by molar-refractivity contribution is 6.24. The molecule has 3 heterocycles. The average Bonchev–Trinajstić information content (AvgIpc) is 3.46. The van der Waals surface area contributed by atoms with Gasteiger partial charge in [-0.15, -0.1) is 0 Å². The number of hydrogen-bond donors (Lipinski definition) is 3. The van der Waals surface area contributed by atoms with Crippen molar-refractivity contribution in [1.82, 2.24) is 15.2 Å². The molecule has 1 aromatic heterocycles. The van der Waals surface area contributed by atoms with Gasteiger partial charge in [-0.25, -0.2) is 14.5 Å². The summed E-state index contributed by atoms with van der Waals surface area (Å²) in [5.74, 6) is -2.19. The smallest absolute Gasteiger partial charge is 0.332 e. The number of anilines is 1. The van der Waals surface area contributed by atoms with Gasteiger partial charge in [0.1, 0.15) is 18.1 Å². The number of fused-ring (bicyclic) bond motifs is 4. The van der Waals surface area contributed by atoms with E-state index in [2.05, 4.69) is 10.3 Å². The van der Waals surface area contributed by atoms with Crippen molar-refractivity contribution in [3.05, 3.63) is 101 Å². The van der Waals surface area contributed by atoms with Gasteiger partial charge in [0.05, 0.1) is 11.3 Å². The number of imide groups is 1. The third-order valence-electron chi connectivity index (χ3n) is 8.14. The summed E-state index contributed by atoms with van der Waals surface area (Å²) in [6.45, 7) is 5.74. The van der Waals surface area contributed by atoms with E-state index in [1.807, 2.05) is 69.3 Å². The first-order chi connectivity index (χ1) is 20.2. The Morgan fingerprint density at radius 2 is 1.69 bits per heavy atom. The lowest BCUT2D eigenvalue weighted by molar-refractivity contribution is -0.139. The number of H-pyrrole nitrogens is 1. The first kappa shape index (κ1) is 27.3. The highest BCUT2D eigenvalue weighted by Gasteiger charge is 2.53. The molecule has 0 saturated carbocycles. The van der Waals surface area contributed by atoms with Crippen LogP contribution in [0.25, 0.3) is 10.9 Å². The Hall–Kier alpha value is -4.92. The van der Waals surface area contributed by atoms with Crippen LogP contribution < -0.4 is 10.2 Å². The van der Waals surface area contributed by atoms with Crippen molar-refractivity contribution >= 4 is 40.4 Å². The van der Waals surface area contributed by atoms with E-state index in [-0.39, 0.29) is 23.6 Å². The minimum Gasteiger partial charge on any atom is -0.480 e. The predicted molar refractivity (Wildman–Crippen MR) is 158 cm³/mol. The van der Waals surface area contributed by atoms with Crippen LogP contribution in [0.5, 0.6) is 0 Å². The monoisotopic (exact) mass is 564 g/mol. The molecule has 3 N–H and O–H groups in total. The highest BCUT2D eigenvalue weighted by atomic mass is 16.4. The number of aliphatic carboxylic acids is 1. The molecule has 4 aromatic rings. The number of rotatable bonds is 7. The lowest BCUT2D eigenvalue weighted by Gasteiger charge is -2.36. The molecule has 214 valence electrons. The number of amides is 4. The van der Waals surface area contributed by atoms with E-state index in [1.165, 1.54) is 6.07 Å². The van der Waals surface area contributed by atoms with Crippen LogP contribution in [0.3, 0.4) is 0 Å². The largest absolute Gasteiger partial charge is 0.480 e. The molecule has 0 spiro atoms. The van der Waals surface area contributed by atoms with Crippen LogP contribution in [0.4, 0.5) is 10.5 Å². The number of urea groups is 1. The van der Waals surface area contributed by atoms with E-state index in [1.54, 1.807) is 23.1 Å². The lowest BCUT2D eigenvalue weighted by Crippen LogP contribution is -2.44. The van der Waals surface area contributed by atoms with Gasteiger partial charge in [-0.05, 0) is 48.6 Å². The second-order valence-electron chi connectivity index (χ2n) is 11.5. The predicted octanol–water partition coefficient (Wildman–Crippen LogP) is 5.19. The van der Waals surface area contributed by atoms with E-state index in [0.717, 1.165) is 38.2 Å². The van der Waals surface area contributed by atoms with Crippen LogP contribution in [0.15, 0.2) is 72.8 Å². The highest BCUT2D eigenvalue weighted by Crippen LogP contribution is 2.45. The summed E-state index contributed by atoms with van der Waals surface area (Å²) in [7, 11) is 0. The number of hydrogen-bond acceptors (Lipinski definition) is 4. The number of nitrogens with zero attached hydrogens (tertiary/aromatic N) is 2. The van der Waals surface area contributed by atoms with Gasteiger partial charge in [0.25, 0.3) is 11.8 Å². The minimum atomic E-state index is -1.14. The van der Waals surface area contributed by atoms with E-state index in [4.69, 9.17) is 0 Å². The Bertz CT molecular complexity index is 1720. The first-order valence-corrected chi connectivity index (χ1v) is 14.1. The van der Waals surface area contributed by atoms with Crippen LogP contribution in [-0.2, 0) is 16.0 Å². The Morgan fingerprint density at radius 1 is 1.00 bits per heavy atom. The summed E-state index contributed by atoms with van der Waals surface area (Å²) in [5, 5.41) is 13.3. The molecule has 4 amide bonds. The van der Waals surface area contributed by atoms with E-state index >= 15 is 0 Å². The van der Waals surface area contributed by atoms with E-state index in [9.17, 15) is 24.3 Å². The number of carboxylic acid groups (broad SMARTS) is 1.